The normalized spacial score (nSPS) is 13.5. The van der Waals surface area contributed by atoms with E-state index in [4.69, 9.17) is 4.74 Å². The molecule has 1 atom stereocenters. The monoisotopic (exact) mass is 207 g/mol. The SMILES string of the molecule is CC=C(C)C(=O)OC(C)N(C)C.Cl. The Kier molecular flexibility index (Phi) is 7.96. The van der Waals surface area contributed by atoms with Crippen LogP contribution < -0.4 is 0 Å². The van der Waals surface area contributed by atoms with Gasteiger partial charge >= 0.3 is 5.97 Å². The zero-order valence-corrected chi connectivity index (χ0v) is 9.64. The van der Waals surface area contributed by atoms with E-state index in [9.17, 15) is 4.79 Å². The highest BCUT2D eigenvalue weighted by molar-refractivity contribution is 5.87. The first-order valence-corrected chi connectivity index (χ1v) is 3.99. The molecule has 0 fully saturated rings. The summed E-state index contributed by atoms with van der Waals surface area (Å²) in [6.45, 7) is 5.39. The van der Waals surface area contributed by atoms with Crippen LogP contribution in [0.1, 0.15) is 20.8 Å². The van der Waals surface area contributed by atoms with Crippen molar-refractivity contribution in [3.8, 4) is 0 Å². The molecule has 0 heterocycles. The minimum absolute atomic E-state index is 0. The molecule has 0 radical (unpaired) electrons. The van der Waals surface area contributed by atoms with E-state index in [1.807, 2.05) is 32.8 Å². The van der Waals surface area contributed by atoms with Gasteiger partial charge in [-0.05, 0) is 34.9 Å². The number of hydrogen-bond donors (Lipinski definition) is 0. The largest absolute Gasteiger partial charge is 0.443 e. The summed E-state index contributed by atoms with van der Waals surface area (Å²) in [5, 5.41) is 0. The van der Waals surface area contributed by atoms with Crippen LogP contribution in [0.5, 0.6) is 0 Å². The van der Waals surface area contributed by atoms with Gasteiger partial charge in [-0.3, -0.25) is 4.90 Å². The van der Waals surface area contributed by atoms with Crippen molar-refractivity contribution < 1.29 is 9.53 Å². The van der Waals surface area contributed by atoms with Gasteiger partial charge in [-0.15, -0.1) is 12.4 Å². The molecule has 1 unspecified atom stereocenters. The molecule has 0 aliphatic heterocycles. The van der Waals surface area contributed by atoms with E-state index in [2.05, 4.69) is 0 Å². The molecule has 0 aromatic carbocycles. The third-order valence-electron chi connectivity index (χ3n) is 1.76. The number of ether oxygens (including phenoxy) is 1. The predicted octanol–water partition coefficient (Wildman–Crippen LogP) is 1.83. The molecule has 13 heavy (non-hydrogen) atoms. The lowest BCUT2D eigenvalue weighted by Crippen LogP contribution is -2.30. The first-order valence-electron chi connectivity index (χ1n) is 3.99. The highest BCUT2D eigenvalue weighted by Gasteiger charge is 2.11. The minimum atomic E-state index is -0.251. The summed E-state index contributed by atoms with van der Waals surface area (Å²) < 4.78 is 5.08. The van der Waals surface area contributed by atoms with Crippen molar-refractivity contribution in [3.63, 3.8) is 0 Å². The zero-order chi connectivity index (χ0) is 9.72. The Morgan fingerprint density at radius 1 is 1.46 bits per heavy atom. The predicted molar refractivity (Wildman–Crippen MR) is 55.9 cm³/mol. The maximum absolute atomic E-state index is 11.2. The molecule has 3 nitrogen and oxygen atoms in total. The van der Waals surface area contributed by atoms with Crippen molar-refractivity contribution in [1.29, 1.82) is 0 Å². The van der Waals surface area contributed by atoms with Crippen molar-refractivity contribution >= 4 is 18.4 Å². The van der Waals surface area contributed by atoms with Crippen LogP contribution >= 0.6 is 12.4 Å². The Morgan fingerprint density at radius 2 is 1.92 bits per heavy atom. The summed E-state index contributed by atoms with van der Waals surface area (Å²) >= 11 is 0. The topological polar surface area (TPSA) is 29.5 Å². The van der Waals surface area contributed by atoms with Gasteiger partial charge in [-0.1, -0.05) is 6.08 Å². The molecule has 0 spiro atoms. The number of rotatable bonds is 3. The van der Waals surface area contributed by atoms with Crippen molar-refractivity contribution in [2.75, 3.05) is 14.1 Å². The minimum Gasteiger partial charge on any atom is -0.443 e. The van der Waals surface area contributed by atoms with Gasteiger partial charge in [0.05, 0.1) is 0 Å². The number of nitrogens with zero attached hydrogens (tertiary/aromatic N) is 1. The van der Waals surface area contributed by atoms with Crippen molar-refractivity contribution in [2.45, 2.75) is 27.0 Å². The van der Waals surface area contributed by atoms with Crippen LogP contribution in [-0.2, 0) is 9.53 Å². The Hall–Kier alpha value is -0.540. The molecule has 0 amide bonds. The van der Waals surface area contributed by atoms with Gasteiger partial charge in [0.15, 0.2) is 6.23 Å². The summed E-state index contributed by atoms with van der Waals surface area (Å²) in [7, 11) is 3.73. The van der Waals surface area contributed by atoms with Crippen LogP contribution in [-0.4, -0.2) is 31.2 Å². The second-order valence-corrected chi connectivity index (χ2v) is 2.94. The Balaban J connectivity index is 0. The van der Waals surface area contributed by atoms with Crippen molar-refractivity contribution in [1.82, 2.24) is 4.90 Å². The molecule has 0 aromatic rings. The molecular weight excluding hydrogens is 190 g/mol. The van der Waals surface area contributed by atoms with Gasteiger partial charge < -0.3 is 4.74 Å². The molecule has 0 saturated carbocycles. The Morgan fingerprint density at radius 3 is 2.23 bits per heavy atom. The smallest absolute Gasteiger partial charge is 0.334 e. The zero-order valence-electron chi connectivity index (χ0n) is 8.83. The molecule has 0 aliphatic carbocycles. The summed E-state index contributed by atoms with van der Waals surface area (Å²) in [5.41, 5.74) is 0.642. The van der Waals surface area contributed by atoms with Crippen LogP contribution in [0.25, 0.3) is 0 Å². The van der Waals surface area contributed by atoms with Crippen molar-refractivity contribution in [2.24, 2.45) is 0 Å². The molecular formula is C9H18ClNO2. The van der Waals surface area contributed by atoms with E-state index < -0.39 is 0 Å². The second kappa shape index (κ2) is 6.92. The second-order valence-electron chi connectivity index (χ2n) is 2.94. The van der Waals surface area contributed by atoms with Gasteiger partial charge in [0.25, 0.3) is 0 Å². The number of carbonyl (C=O) groups excluding carboxylic acids is 1. The number of carbonyl (C=O) groups is 1. The number of esters is 1. The number of halogens is 1. The lowest BCUT2D eigenvalue weighted by Gasteiger charge is -2.19. The standard InChI is InChI=1S/C9H17NO2.ClH/c1-6-7(2)9(11)12-8(3)10(4)5;/h6,8H,1-5H3;1H. The molecule has 0 saturated heterocycles. The molecule has 0 aromatic heterocycles. The van der Waals surface area contributed by atoms with Gasteiger partial charge in [-0.2, -0.15) is 0 Å². The lowest BCUT2D eigenvalue weighted by molar-refractivity contribution is -0.150. The third-order valence-corrected chi connectivity index (χ3v) is 1.76. The molecule has 0 aliphatic rings. The Labute approximate surface area is 86.2 Å². The maximum Gasteiger partial charge on any atom is 0.334 e. The molecule has 4 heteroatoms. The fourth-order valence-corrected chi connectivity index (χ4v) is 0.471. The van der Waals surface area contributed by atoms with Crippen LogP contribution in [0.15, 0.2) is 11.6 Å². The third kappa shape index (κ3) is 5.66. The van der Waals surface area contributed by atoms with Gasteiger partial charge in [0.2, 0.25) is 0 Å². The van der Waals surface area contributed by atoms with E-state index in [-0.39, 0.29) is 24.6 Å². The van der Waals surface area contributed by atoms with E-state index in [1.54, 1.807) is 13.0 Å². The fourth-order valence-electron chi connectivity index (χ4n) is 0.471. The highest BCUT2D eigenvalue weighted by Crippen LogP contribution is 2.01. The van der Waals surface area contributed by atoms with E-state index in [0.29, 0.717) is 5.57 Å². The van der Waals surface area contributed by atoms with E-state index in [0.717, 1.165) is 0 Å². The summed E-state index contributed by atoms with van der Waals surface area (Å²) in [6.07, 6.45) is 1.57. The average Bonchev–Trinajstić information content (AvgIpc) is 2.02. The maximum atomic E-state index is 11.2. The van der Waals surface area contributed by atoms with Crippen LogP contribution in [0.4, 0.5) is 0 Å². The summed E-state index contributed by atoms with van der Waals surface area (Å²) in [6, 6.07) is 0. The summed E-state index contributed by atoms with van der Waals surface area (Å²) in [5.74, 6) is -0.251. The highest BCUT2D eigenvalue weighted by atomic mass is 35.5. The quantitative estimate of drug-likeness (QED) is 0.402. The van der Waals surface area contributed by atoms with Gasteiger partial charge in [0, 0.05) is 5.57 Å². The lowest BCUT2D eigenvalue weighted by atomic mass is 10.3. The number of hydrogen-bond acceptors (Lipinski definition) is 3. The van der Waals surface area contributed by atoms with E-state index in [1.165, 1.54) is 0 Å². The van der Waals surface area contributed by atoms with Gasteiger partial charge in [0.1, 0.15) is 0 Å². The van der Waals surface area contributed by atoms with E-state index >= 15 is 0 Å². The molecule has 0 N–H and O–H groups in total. The molecule has 0 bridgehead atoms. The van der Waals surface area contributed by atoms with Crippen LogP contribution in [0.3, 0.4) is 0 Å². The first kappa shape index (κ1) is 15.0. The van der Waals surface area contributed by atoms with Crippen LogP contribution in [0.2, 0.25) is 0 Å². The first-order chi connectivity index (χ1) is 5.49. The molecule has 78 valence electrons. The average molecular weight is 208 g/mol. The van der Waals surface area contributed by atoms with Crippen LogP contribution in [0, 0.1) is 0 Å². The number of allylic oxidation sites excluding steroid dienone is 1. The fraction of sp³-hybridized carbons (Fsp3) is 0.667. The Bertz CT molecular complexity index is 190. The molecule has 0 rings (SSSR count). The summed E-state index contributed by atoms with van der Waals surface area (Å²) in [4.78, 5) is 13.0. The van der Waals surface area contributed by atoms with Crippen molar-refractivity contribution in [3.05, 3.63) is 11.6 Å². The van der Waals surface area contributed by atoms with Gasteiger partial charge in [-0.25, -0.2) is 4.79 Å².